The predicted molar refractivity (Wildman–Crippen MR) is 119 cm³/mol. The van der Waals surface area contributed by atoms with Crippen molar-refractivity contribution in [3.63, 3.8) is 0 Å². The summed E-state index contributed by atoms with van der Waals surface area (Å²) >= 11 is 0. The molecule has 2 unspecified atom stereocenters. The van der Waals surface area contributed by atoms with Crippen molar-refractivity contribution >= 4 is 18.0 Å². The van der Waals surface area contributed by atoms with E-state index in [2.05, 4.69) is 5.32 Å². The zero-order valence-electron chi connectivity index (χ0n) is 19.5. The molecule has 1 N–H and O–H groups in total. The van der Waals surface area contributed by atoms with Crippen molar-refractivity contribution in [2.45, 2.75) is 71.2 Å². The minimum Gasteiger partial charge on any atom is -0.467 e. The van der Waals surface area contributed by atoms with E-state index in [1.807, 2.05) is 56.0 Å². The Bertz CT molecular complexity index is 802. The van der Waals surface area contributed by atoms with Crippen LogP contribution in [0.15, 0.2) is 30.3 Å². The van der Waals surface area contributed by atoms with Crippen molar-refractivity contribution < 1.29 is 23.9 Å². The number of nitrogens with one attached hydrogen (secondary N) is 1. The average molecular weight is 446 g/mol. The van der Waals surface area contributed by atoms with E-state index in [1.165, 1.54) is 12.0 Å². The summed E-state index contributed by atoms with van der Waals surface area (Å²) < 4.78 is 10.5. The van der Waals surface area contributed by atoms with Crippen molar-refractivity contribution in [3.8, 4) is 0 Å². The number of alkyl carbamates (subject to hydrolysis) is 1. The van der Waals surface area contributed by atoms with Crippen LogP contribution in [0.2, 0.25) is 0 Å². The van der Waals surface area contributed by atoms with E-state index in [1.54, 1.807) is 0 Å². The zero-order chi connectivity index (χ0) is 23.3. The standard InChI is InChI=1S/C24H35N3O5/c1-24(2,3)20(25-23(30)32-18-12-8-9-13-18)21(28)27-16-26(15-19(27)22(29)31-4)14-17-10-6-5-7-11-17/h5-7,10-11,18-20H,8-9,12-16H2,1-4H3,(H,25,30). The predicted octanol–water partition coefficient (Wildman–Crippen LogP) is 2.91. The van der Waals surface area contributed by atoms with Gasteiger partial charge in [0.15, 0.2) is 0 Å². The van der Waals surface area contributed by atoms with Crippen LogP contribution in [0.5, 0.6) is 0 Å². The van der Waals surface area contributed by atoms with Gasteiger partial charge in [-0.1, -0.05) is 51.1 Å². The summed E-state index contributed by atoms with van der Waals surface area (Å²) in [4.78, 5) is 42.2. The lowest BCUT2D eigenvalue weighted by atomic mass is 9.85. The Labute approximate surface area is 190 Å². The van der Waals surface area contributed by atoms with E-state index in [0.717, 1.165) is 31.2 Å². The van der Waals surface area contributed by atoms with Crippen molar-refractivity contribution in [2.24, 2.45) is 5.41 Å². The molecule has 1 heterocycles. The molecule has 3 rings (SSSR count). The topological polar surface area (TPSA) is 88.2 Å². The Balaban J connectivity index is 1.74. The number of esters is 1. The van der Waals surface area contributed by atoms with Crippen LogP contribution >= 0.6 is 0 Å². The highest BCUT2D eigenvalue weighted by Crippen LogP contribution is 2.26. The van der Waals surface area contributed by atoms with Gasteiger partial charge in [0, 0.05) is 13.1 Å². The molecule has 2 atom stereocenters. The highest BCUT2D eigenvalue weighted by Gasteiger charge is 2.45. The number of rotatable bonds is 6. The van der Waals surface area contributed by atoms with Crippen molar-refractivity contribution in [2.75, 3.05) is 20.3 Å². The van der Waals surface area contributed by atoms with Gasteiger partial charge in [-0.15, -0.1) is 0 Å². The van der Waals surface area contributed by atoms with Crippen LogP contribution < -0.4 is 5.32 Å². The summed E-state index contributed by atoms with van der Waals surface area (Å²) in [7, 11) is 1.32. The maximum atomic E-state index is 13.6. The van der Waals surface area contributed by atoms with E-state index >= 15 is 0 Å². The van der Waals surface area contributed by atoms with Crippen LogP contribution in [-0.4, -0.2) is 66.3 Å². The SMILES string of the molecule is COC(=O)C1CN(Cc2ccccc2)CN1C(=O)C(NC(=O)OC1CCCC1)C(C)(C)C. The molecule has 8 heteroatoms. The molecule has 0 spiro atoms. The van der Waals surface area contributed by atoms with Gasteiger partial charge >= 0.3 is 12.1 Å². The number of ether oxygens (including phenoxy) is 2. The molecule has 2 fully saturated rings. The van der Waals surface area contributed by atoms with Crippen molar-refractivity contribution in [3.05, 3.63) is 35.9 Å². The molecule has 8 nitrogen and oxygen atoms in total. The number of carbonyl (C=O) groups is 3. The Morgan fingerprint density at radius 3 is 2.38 bits per heavy atom. The first-order chi connectivity index (χ1) is 15.2. The van der Waals surface area contributed by atoms with Gasteiger partial charge in [-0.25, -0.2) is 9.59 Å². The molecule has 32 heavy (non-hydrogen) atoms. The van der Waals surface area contributed by atoms with Crippen LogP contribution in [-0.2, 0) is 25.6 Å². The zero-order valence-corrected chi connectivity index (χ0v) is 19.5. The van der Waals surface area contributed by atoms with E-state index in [-0.39, 0.29) is 18.7 Å². The first-order valence-electron chi connectivity index (χ1n) is 11.3. The monoisotopic (exact) mass is 445 g/mol. The van der Waals surface area contributed by atoms with E-state index in [9.17, 15) is 14.4 Å². The molecule has 0 radical (unpaired) electrons. The Morgan fingerprint density at radius 2 is 1.78 bits per heavy atom. The quantitative estimate of drug-likeness (QED) is 0.678. The third-order valence-corrected chi connectivity index (χ3v) is 6.12. The molecule has 2 amide bonds. The van der Waals surface area contributed by atoms with Crippen LogP contribution in [0.3, 0.4) is 0 Å². The third kappa shape index (κ3) is 6.00. The number of amides is 2. The van der Waals surface area contributed by atoms with Crippen LogP contribution in [0.25, 0.3) is 0 Å². The maximum absolute atomic E-state index is 13.6. The smallest absolute Gasteiger partial charge is 0.408 e. The summed E-state index contributed by atoms with van der Waals surface area (Å²) in [6, 6.07) is 8.33. The molecule has 1 aliphatic carbocycles. The molecule has 0 aromatic heterocycles. The number of hydrogen-bond acceptors (Lipinski definition) is 6. The van der Waals surface area contributed by atoms with Gasteiger partial charge in [-0.2, -0.15) is 0 Å². The van der Waals surface area contributed by atoms with Crippen LogP contribution in [0.1, 0.15) is 52.0 Å². The first kappa shape index (κ1) is 24.0. The van der Waals surface area contributed by atoms with Gasteiger partial charge in [-0.3, -0.25) is 9.69 Å². The summed E-state index contributed by atoms with van der Waals surface area (Å²) in [6.07, 6.45) is 3.12. The fourth-order valence-electron chi connectivity index (χ4n) is 4.36. The average Bonchev–Trinajstić information content (AvgIpc) is 3.41. The maximum Gasteiger partial charge on any atom is 0.408 e. The second-order valence-electron chi connectivity index (χ2n) is 9.74. The Hall–Kier alpha value is -2.61. The highest BCUT2D eigenvalue weighted by atomic mass is 16.6. The van der Waals surface area contributed by atoms with Gasteiger partial charge in [-0.05, 0) is 36.7 Å². The molecule has 176 valence electrons. The lowest BCUT2D eigenvalue weighted by Gasteiger charge is -2.34. The number of methoxy groups -OCH3 is 1. The molecule has 0 bridgehead atoms. The second-order valence-corrected chi connectivity index (χ2v) is 9.74. The highest BCUT2D eigenvalue weighted by molar-refractivity contribution is 5.90. The molecule has 2 aliphatic rings. The fraction of sp³-hybridized carbons (Fsp3) is 0.625. The molecular formula is C24H35N3O5. The molecule has 1 aromatic carbocycles. The minimum absolute atomic E-state index is 0.0957. The normalized spacial score (nSPS) is 20.8. The third-order valence-electron chi connectivity index (χ3n) is 6.12. The molecular weight excluding hydrogens is 410 g/mol. The van der Waals surface area contributed by atoms with Gasteiger partial charge in [0.25, 0.3) is 0 Å². The van der Waals surface area contributed by atoms with E-state index < -0.39 is 29.6 Å². The number of hydrogen-bond donors (Lipinski definition) is 1. The Kier molecular flexibility index (Phi) is 7.77. The molecule has 1 saturated heterocycles. The minimum atomic E-state index is -0.833. The number of carbonyl (C=O) groups excluding carboxylic acids is 3. The van der Waals surface area contributed by atoms with Gasteiger partial charge in [0.05, 0.1) is 13.8 Å². The first-order valence-corrected chi connectivity index (χ1v) is 11.3. The van der Waals surface area contributed by atoms with Crippen LogP contribution in [0.4, 0.5) is 4.79 Å². The number of benzene rings is 1. The second kappa shape index (κ2) is 10.3. The largest absolute Gasteiger partial charge is 0.467 e. The summed E-state index contributed by atoms with van der Waals surface area (Å²) in [5.41, 5.74) is 0.523. The lowest BCUT2D eigenvalue weighted by Crippen LogP contribution is -2.57. The number of nitrogens with zero attached hydrogens (tertiary/aromatic N) is 2. The van der Waals surface area contributed by atoms with Crippen molar-refractivity contribution in [1.82, 2.24) is 15.1 Å². The summed E-state index contributed by atoms with van der Waals surface area (Å²) in [5, 5.41) is 2.78. The van der Waals surface area contributed by atoms with E-state index in [4.69, 9.17) is 9.47 Å². The van der Waals surface area contributed by atoms with E-state index in [0.29, 0.717) is 13.1 Å². The summed E-state index contributed by atoms with van der Waals surface area (Å²) in [6.45, 7) is 6.91. The molecule has 1 aliphatic heterocycles. The lowest BCUT2D eigenvalue weighted by molar-refractivity contribution is -0.152. The molecule has 1 aromatic rings. The summed E-state index contributed by atoms with van der Waals surface area (Å²) in [5.74, 6) is -0.776. The van der Waals surface area contributed by atoms with Gasteiger partial charge < -0.3 is 19.7 Å². The molecule has 1 saturated carbocycles. The Morgan fingerprint density at radius 1 is 1.12 bits per heavy atom. The van der Waals surface area contributed by atoms with Gasteiger partial charge in [0.2, 0.25) is 5.91 Å². The fourth-order valence-corrected chi connectivity index (χ4v) is 4.36. The van der Waals surface area contributed by atoms with Crippen molar-refractivity contribution in [1.29, 1.82) is 0 Å². The van der Waals surface area contributed by atoms with Crippen LogP contribution in [0, 0.1) is 5.41 Å². The van der Waals surface area contributed by atoms with Gasteiger partial charge in [0.1, 0.15) is 18.2 Å².